The molecule has 3 nitrogen and oxygen atoms in total. The maximum Gasteiger partial charge on any atom is 0.390 e. The quantitative estimate of drug-likeness (QED) is 0.668. The van der Waals surface area contributed by atoms with Gasteiger partial charge in [0, 0.05) is 5.56 Å². The molecule has 0 N–H and O–H groups in total. The molecule has 0 aliphatic carbocycles. The highest BCUT2D eigenvalue weighted by Crippen LogP contribution is 2.29. The summed E-state index contributed by atoms with van der Waals surface area (Å²) < 4.78 is 5.06. The van der Waals surface area contributed by atoms with E-state index in [-0.39, 0.29) is 11.0 Å². The lowest BCUT2D eigenvalue weighted by Crippen LogP contribution is -2.14. The van der Waals surface area contributed by atoms with Gasteiger partial charge in [0.1, 0.15) is 11.3 Å². The van der Waals surface area contributed by atoms with Crippen LogP contribution in [0.25, 0.3) is 0 Å². The number of furan rings is 1. The van der Waals surface area contributed by atoms with Crippen molar-refractivity contribution >= 4 is 5.97 Å². The second-order valence-corrected chi connectivity index (χ2v) is 4.12. The first-order valence-electron chi connectivity index (χ1n) is 4.14. The van der Waals surface area contributed by atoms with Gasteiger partial charge in [-0.05, 0) is 12.3 Å². The van der Waals surface area contributed by atoms with E-state index in [2.05, 4.69) is 0 Å². The minimum absolute atomic E-state index is 0.188. The number of rotatable bonds is 1. The third kappa shape index (κ3) is 1.74. The van der Waals surface area contributed by atoms with Gasteiger partial charge < -0.3 is 4.42 Å². The molecule has 1 rings (SSSR count). The van der Waals surface area contributed by atoms with Crippen LogP contribution in [-0.2, 0) is 10.5 Å². The summed E-state index contributed by atoms with van der Waals surface area (Å²) in [7, 11) is 0. The summed E-state index contributed by atoms with van der Waals surface area (Å²) in [5.74, 6) is -0.763. The van der Waals surface area contributed by atoms with Crippen molar-refractivity contribution < 1.29 is 14.3 Å². The van der Waals surface area contributed by atoms with Crippen molar-refractivity contribution in [3.05, 3.63) is 23.2 Å². The van der Waals surface area contributed by atoms with Crippen molar-refractivity contribution in [1.82, 2.24) is 0 Å². The molecule has 0 spiro atoms. The average Bonchev–Trinajstić information content (AvgIpc) is 2.28. The second-order valence-electron chi connectivity index (χ2n) is 4.12. The van der Waals surface area contributed by atoms with Gasteiger partial charge in [-0.3, -0.25) is 0 Å². The van der Waals surface area contributed by atoms with E-state index in [1.54, 1.807) is 6.92 Å². The van der Waals surface area contributed by atoms with Gasteiger partial charge >= 0.3 is 5.97 Å². The van der Waals surface area contributed by atoms with Crippen LogP contribution in [0.1, 0.15) is 42.5 Å². The molecule has 0 saturated heterocycles. The predicted octanol–water partition coefficient (Wildman–Crippen LogP) is 2.46. The molecule has 0 unspecified atom stereocenters. The van der Waals surface area contributed by atoms with E-state index in [0.29, 0.717) is 11.3 Å². The lowest BCUT2D eigenvalue weighted by Gasteiger charge is -2.16. The molecule has 0 saturated carbocycles. The molecule has 0 atom stereocenters. The standard InChI is InChI=1S/C10H13O3/c1-6-8(9(11)12)7(5-13-6)10(2,3)4/h5H,1-4H3. The van der Waals surface area contributed by atoms with Gasteiger partial charge in [0.05, 0.1) is 6.26 Å². The van der Waals surface area contributed by atoms with Crippen molar-refractivity contribution in [2.45, 2.75) is 33.1 Å². The highest BCUT2D eigenvalue weighted by atomic mass is 16.4. The Hall–Kier alpha value is -1.25. The third-order valence-electron chi connectivity index (χ3n) is 1.99. The zero-order valence-electron chi connectivity index (χ0n) is 8.30. The largest absolute Gasteiger partial charge is 0.468 e. The Morgan fingerprint density at radius 2 is 1.92 bits per heavy atom. The Balaban J connectivity index is 3.31. The molecule has 13 heavy (non-hydrogen) atoms. The highest BCUT2D eigenvalue weighted by molar-refractivity contribution is 5.90. The molecule has 0 aliphatic rings. The second kappa shape index (κ2) is 2.91. The number of carbonyl (C=O) groups is 1. The van der Waals surface area contributed by atoms with E-state index < -0.39 is 5.97 Å². The summed E-state index contributed by atoms with van der Waals surface area (Å²) in [4.78, 5) is 10.8. The van der Waals surface area contributed by atoms with Gasteiger partial charge in [0.25, 0.3) is 0 Å². The van der Waals surface area contributed by atoms with Crippen LogP contribution in [0, 0.1) is 6.92 Å². The minimum Gasteiger partial charge on any atom is -0.468 e. The fourth-order valence-electron chi connectivity index (χ4n) is 1.26. The fraction of sp³-hybridized carbons (Fsp3) is 0.500. The number of hydrogen-bond acceptors (Lipinski definition) is 2. The molecule has 71 valence electrons. The maximum atomic E-state index is 10.8. The summed E-state index contributed by atoms with van der Waals surface area (Å²) in [6.07, 6.45) is 1.49. The molecule has 0 bridgehead atoms. The molecule has 3 heteroatoms. The van der Waals surface area contributed by atoms with E-state index in [9.17, 15) is 9.90 Å². The lowest BCUT2D eigenvalue weighted by molar-refractivity contribution is 0.0568. The fourth-order valence-corrected chi connectivity index (χ4v) is 1.26. The van der Waals surface area contributed by atoms with Crippen molar-refractivity contribution in [1.29, 1.82) is 0 Å². The van der Waals surface area contributed by atoms with Gasteiger partial charge in [0.2, 0.25) is 0 Å². The molecule has 0 amide bonds. The zero-order valence-corrected chi connectivity index (χ0v) is 8.30. The molecule has 1 radical (unpaired) electrons. The summed E-state index contributed by atoms with van der Waals surface area (Å²) in [6.45, 7) is 7.43. The van der Waals surface area contributed by atoms with Crippen LogP contribution in [0.5, 0.6) is 0 Å². The first-order valence-corrected chi connectivity index (χ1v) is 4.14. The lowest BCUT2D eigenvalue weighted by atomic mass is 9.86. The van der Waals surface area contributed by atoms with Crippen LogP contribution in [0.4, 0.5) is 0 Å². The molecule has 0 aliphatic heterocycles. The summed E-state index contributed by atoms with van der Waals surface area (Å²) >= 11 is 0. The first kappa shape index (κ1) is 9.84. The van der Waals surface area contributed by atoms with E-state index in [1.807, 2.05) is 20.8 Å². The number of carbonyl (C=O) groups excluding carboxylic acids is 1. The maximum absolute atomic E-state index is 10.8. The van der Waals surface area contributed by atoms with Gasteiger partial charge in [-0.1, -0.05) is 20.8 Å². The van der Waals surface area contributed by atoms with Crippen LogP contribution >= 0.6 is 0 Å². The number of hydrogen-bond donors (Lipinski definition) is 0. The molecule has 1 aromatic heterocycles. The molecular formula is C10H13O3. The molecule has 1 aromatic rings. The average molecular weight is 181 g/mol. The van der Waals surface area contributed by atoms with Gasteiger partial charge in [-0.25, -0.2) is 9.90 Å². The van der Waals surface area contributed by atoms with Crippen LogP contribution in [0.3, 0.4) is 0 Å². The number of aryl methyl sites for hydroxylation is 1. The molecule has 0 aromatic carbocycles. The summed E-state index contributed by atoms with van der Waals surface area (Å²) in [6, 6.07) is 0. The first-order chi connectivity index (χ1) is 5.84. The van der Waals surface area contributed by atoms with Crippen molar-refractivity contribution in [3.63, 3.8) is 0 Å². The minimum atomic E-state index is -1.17. The van der Waals surface area contributed by atoms with E-state index in [1.165, 1.54) is 6.26 Å². The third-order valence-corrected chi connectivity index (χ3v) is 1.99. The van der Waals surface area contributed by atoms with E-state index >= 15 is 0 Å². The Kier molecular flexibility index (Phi) is 2.20. The van der Waals surface area contributed by atoms with Crippen molar-refractivity contribution in [2.75, 3.05) is 0 Å². The summed E-state index contributed by atoms with van der Waals surface area (Å²) in [5.41, 5.74) is 0.644. The van der Waals surface area contributed by atoms with Gasteiger partial charge in [-0.2, -0.15) is 0 Å². The highest BCUT2D eigenvalue weighted by Gasteiger charge is 2.26. The zero-order chi connectivity index (χ0) is 10.2. The molecule has 1 heterocycles. The van der Waals surface area contributed by atoms with Gasteiger partial charge in [-0.15, -0.1) is 0 Å². The van der Waals surface area contributed by atoms with Crippen LogP contribution < -0.4 is 0 Å². The molecule has 0 fully saturated rings. The Morgan fingerprint density at radius 1 is 1.38 bits per heavy atom. The van der Waals surface area contributed by atoms with Crippen molar-refractivity contribution in [3.8, 4) is 0 Å². The van der Waals surface area contributed by atoms with Crippen molar-refractivity contribution in [2.24, 2.45) is 0 Å². The predicted molar refractivity (Wildman–Crippen MR) is 47.2 cm³/mol. The molecular weight excluding hydrogens is 168 g/mol. The Morgan fingerprint density at radius 3 is 2.23 bits per heavy atom. The van der Waals surface area contributed by atoms with Crippen LogP contribution in [-0.4, -0.2) is 5.97 Å². The normalized spacial score (nSPS) is 11.7. The van der Waals surface area contributed by atoms with E-state index in [4.69, 9.17) is 4.42 Å². The van der Waals surface area contributed by atoms with Crippen LogP contribution in [0.15, 0.2) is 10.7 Å². The van der Waals surface area contributed by atoms with Gasteiger partial charge in [0.15, 0.2) is 0 Å². The smallest absolute Gasteiger partial charge is 0.390 e. The van der Waals surface area contributed by atoms with E-state index in [0.717, 1.165) is 0 Å². The topological polar surface area (TPSA) is 50.1 Å². The summed E-state index contributed by atoms with van der Waals surface area (Å²) in [5, 5.41) is 10.8. The Labute approximate surface area is 77.4 Å². The Bertz CT molecular complexity index is 328. The SMILES string of the molecule is Cc1occ(C(C)(C)C)c1C([O])=O. The van der Waals surface area contributed by atoms with Crippen LogP contribution in [0.2, 0.25) is 0 Å². The monoisotopic (exact) mass is 181 g/mol.